The van der Waals surface area contributed by atoms with E-state index in [9.17, 15) is 9.59 Å². The Morgan fingerprint density at radius 3 is 2.71 bits per heavy atom. The van der Waals surface area contributed by atoms with Crippen molar-refractivity contribution >= 4 is 29.0 Å². The molecule has 126 valence electrons. The number of fused-ring (bicyclic) bond motifs is 1. The Labute approximate surface area is 141 Å². The van der Waals surface area contributed by atoms with E-state index in [2.05, 4.69) is 4.98 Å². The van der Waals surface area contributed by atoms with E-state index in [1.165, 1.54) is 0 Å². The van der Waals surface area contributed by atoms with E-state index in [-0.39, 0.29) is 5.91 Å². The number of amides is 2. The number of benzene rings is 1. The minimum Gasteiger partial charge on any atom is -0.363 e. The van der Waals surface area contributed by atoms with Crippen LogP contribution in [0.15, 0.2) is 30.3 Å². The van der Waals surface area contributed by atoms with Crippen LogP contribution in [0, 0.1) is 0 Å². The highest BCUT2D eigenvalue weighted by Gasteiger charge is 2.22. The van der Waals surface area contributed by atoms with Gasteiger partial charge in [0, 0.05) is 45.7 Å². The van der Waals surface area contributed by atoms with Crippen LogP contribution in [0.25, 0.3) is 10.9 Å². The van der Waals surface area contributed by atoms with Crippen LogP contribution >= 0.6 is 0 Å². The van der Waals surface area contributed by atoms with E-state index in [1.54, 1.807) is 4.90 Å². The summed E-state index contributed by atoms with van der Waals surface area (Å²) >= 11 is 0. The van der Waals surface area contributed by atoms with Crippen LogP contribution in [0.4, 0.5) is 5.82 Å². The second kappa shape index (κ2) is 6.86. The lowest BCUT2D eigenvalue weighted by atomic mass is 10.1. The van der Waals surface area contributed by atoms with Gasteiger partial charge in [-0.05, 0) is 18.6 Å². The van der Waals surface area contributed by atoms with E-state index < -0.39 is 0 Å². The fourth-order valence-corrected chi connectivity index (χ4v) is 2.98. The standard InChI is InChI=1S/C18H22N4O2/c1-20(2)17-12-15(14-6-3-4-7-16(14)19-17)18(24)22-9-5-8-21(13-23)10-11-22/h3-4,6-7,12-13H,5,8-11H2,1-2H3. The van der Waals surface area contributed by atoms with Crippen molar-refractivity contribution in [3.63, 3.8) is 0 Å². The number of nitrogens with zero attached hydrogens (tertiary/aromatic N) is 4. The average Bonchev–Trinajstić information content (AvgIpc) is 2.85. The molecule has 0 unspecified atom stereocenters. The molecule has 1 aromatic heterocycles. The van der Waals surface area contributed by atoms with Crippen molar-refractivity contribution in [1.82, 2.24) is 14.8 Å². The highest BCUT2D eigenvalue weighted by atomic mass is 16.2. The molecule has 1 saturated heterocycles. The first kappa shape index (κ1) is 16.2. The van der Waals surface area contributed by atoms with Crippen molar-refractivity contribution in [1.29, 1.82) is 0 Å². The summed E-state index contributed by atoms with van der Waals surface area (Å²) in [4.78, 5) is 34.1. The lowest BCUT2D eigenvalue weighted by molar-refractivity contribution is -0.118. The minimum absolute atomic E-state index is 0.00412. The van der Waals surface area contributed by atoms with Crippen LogP contribution in [-0.2, 0) is 4.79 Å². The zero-order valence-electron chi connectivity index (χ0n) is 14.1. The molecule has 2 amide bonds. The number of anilines is 1. The summed E-state index contributed by atoms with van der Waals surface area (Å²) in [6, 6.07) is 9.57. The van der Waals surface area contributed by atoms with Crippen molar-refractivity contribution in [2.75, 3.05) is 45.2 Å². The first-order valence-corrected chi connectivity index (χ1v) is 8.16. The van der Waals surface area contributed by atoms with Crippen LogP contribution in [0.2, 0.25) is 0 Å². The topological polar surface area (TPSA) is 56.8 Å². The van der Waals surface area contributed by atoms with Crippen molar-refractivity contribution < 1.29 is 9.59 Å². The Morgan fingerprint density at radius 1 is 1.17 bits per heavy atom. The number of carbonyl (C=O) groups excluding carboxylic acids is 2. The number of rotatable bonds is 3. The molecule has 1 fully saturated rings. The van der Waals surface area contributed by atoms with Gasteiger partial charge >= 0.3 is 0 Å². The Bertz CT molecular complexity index is 760. The second-order valence-corrected chi connectivity index (χ2v) is 6.23. The third-order valence-corrected chi connectivity index (χ3v) is 4.36. The van der Waals surface area contributed by atoms with Gasteiger partial charge < -0.3 is 14.7 Å². The molecular weight excluding hydrogens is 304 g/mol. The molecule has 3 rings (SSSR count). The molecule has 0 saturated carbocycles. The summed E-state index contributed by atoms with van der Waals surface area (Å²) in [6.45, 7) is 2.51. The normalized spacial score (nSPS) is 15.2. The van der Waals surface area contributed by atoms with E-state index in [1.807, 2.05) is 54.2 Å². The molecule has 0 bridgehead atoms. The Hall–Kier alpha value is -2.63. The summed E-state index contributed by atoms with van der Waals surface area (Å²) in [5.74, 6) is 0.769. The van der Waals surface area contributed by atoms with E-state index in [0.717, 1.165) is 29.6 Å². The number of pyridine rings is 1. The smallest absolute Gasteiger partial charge is 0.254 e. The first-order chi connectivity index (χ1) is 11.6. The lowest BCUT2D eigenvalue weighted by Gasteiger charge is -2.22. The predicted molar refractivity (Wildman–Crippen MR) is 94.2 cm³/mol. The maximum absolute atomic E-state index is 13.1. The number of aromatic nitrogens is 1. The van der Waals surface area contributed by atoms with Crippen LogP contribution in [0.5, 0.6) is 0 Å². The number of hydrogen-bond donors (Lipinski definition) is 0. The summed E-state index contributed by atoms with van der Waals surface area (Å²) in [5.41, 5.74) is 1.49. The molecule has 6 heteroatoms. The molecule has 24 heavy (non-hydrogen) atoms. The van der Waals surface area contributed by atoms with Gasteiger partial charge in [0.25, 0.3) is 5.91 Å². The molecule has 0 spiro atoms. The molecule has 1 aliphatic heterocycles. The van der Waals surface area contributed by atoms with Gasteiger partial charge in [0.2, 0.25) is 6.41 Å². The monoisotopic (exact) mass is 326 g/mol. The zero-order chi connectivity index (χ0) is 17.1. The van der Waals surface area contributed by atoms with Crippen molar-refractivity contribution in [3.8, 4) is 0 Å². The van der Waals surface area contributed by atoms with Gasteiger partial charge in [0.1, 0.15) is 5.82 Å². The van der Waals surface area contributed by atoms with Gasteiger partial charge in [-0.3, -0.25) is 9.59 Å². The van der Waals surface area contributed by atoms with Gasteiger partial charge in [-0.2, -0.15) is 0 Å². The fraction of sp³-hybridized carbons (Fsp3) is 0.389. The highest BCUT2D eigenvalue weighted by Crippen LogP contribution is 2.23. The van der Waals surface area contributed by atoms with E-state index >= 15 is 0 Å². The van der Waals surface area contributed by atoms with Gasteiger partial charge in [0.15, 0.2) is 0 Å². The summed E-state index contributed by atoms with van der Waals surface area (Å²) in [7, 11) is 3.83. The average molecular weight is 326 g/mol. The third-order valence-electron chi connectivity index (χ3n) is 4.36. The maximum Gasteiger partial charge on any atom is 0.254 e. The molecule has 2 heterocycles. The molecule has 2 aromatic rings. The maximum atomic E-state index is 13.1. The van der Waals surface area contributed by atoms with E-state index in [0.29, 0.717) is 31.7 Å². The summed E-state index contributed by atoms with van der Waals surface area (Å²) in [6.07, 6.45) is 1.66. The second-order valence-electron chi connectivity index (χ2n) is 6.23. The van der Waals surface area contributed by atoms with Crippen molar-refractivity contribution in [2.45, 2.75) is 6.42 Å². The highest BCUT2D eigenvalue weighted by molar-refractivity contribution is 6.07. The molecule has 0 radical (unpaired) electrons. The predicted octanol–water partition coefficient (Wildman–Crippen LogP) is 1.61. The van der Waals surface area contributed by atoms with Crippen LogP contribution < -0.4 is 4.90 Å². The lowest BCUT2D eigenvalue weighted by Crippen LogP contribution is -2.35. The molecule has 0 atom stereocenters. The molecule has 0 N–H and O–H groups in total. The quantitative estimate of drug-likeness (QED) is 0.804. The Balaban J connectivity index is 1.98. The van der Waals surface area contributed by atoms with Gasteiger partial charge in [-0.1, -0.05) is 18.2 Å². The van der Waals surface area contributed by atoms with Crippen LogP contribution in [0.3, 0.4) is 0 Å². The third kappa shape index (κ3) is 3.18. The summed E-state index contributed by atoms with van der Waals surface area (Å²) < 4.78 is 0. The van der Waals surface area contributed by atoms with Crippen molar-refractivity contribution in [3.05, 3.63) is 35.9 Å². The largest absolute Gasteiger partial charge is 0.363 e. The van der Waals surface area contributed by atoms with Crippen molar-refractivity contribution in [2.24, 2.45) is 0 Å². The number of carbonyl (C=O) groups is 2. The van der Waals surface area contributed by atoms with Gasteiger partial charge in [-0.25, -0.2) is 4.98 Å². The Morgan fingerprint density at radius 2 is 1.96 bits per heavy atom. The Kier molecular flexibility index (Phi) is 4.64. The van der Waals surface area contributed by atoms with Crippen LogP contribution in [0.1, 0.15) is 16.8 Å². The molecular formula is C18H22N4O2. The van der Waals surface area contributed by atoms with Gasteiger partial charge in [-0.15, -0.1) is 0 Å². The van der Waals surface area contributed by atoms with Gasteiger partial charge in [0.05, 0.1) is 11.1 Å². The molecule has 0 aliphatic carbocycles. The molecule has 1 aromatic carbocycles. The van der Waals surface area contributed by atoms with Crippen LogP contribution in [-0.4, -0.2) is 67.4 Å². The summed E-state index contributed by atoms with van der Waals surface area (Å²) in [5, 5.41) is 0.865. The zero-order valence-corrected chi connectivity index (χ0v) is 14.1. The first-order valence-electron chi connectivity index (χ1n) is 8.16. The van der Waals surface area contributed by atoms with E-state index in [4.69, 9.17) is 0 Å². The SMILES string of the molecule is CN(C)c1cc(C(=O)N2CCCN(C=O)CC2)c2ccccc2n1. The molecule has 1 aliphatic rings. The number of para-hydroxylation sites is 1. The fourth-order valence-electron chi connectivity index (χ4n) is 2.98. The number of hydrogen-bond acceptors (Lipinski definition) is 4. The minimum atomic E-state index is 0.00412. The molecule has 6 nitrogen and oxygen atoms in total.